The molecular formula is C12H18N2O3. The molecule has 0 aliphatic carbocycles. The highest BCUT2D eigenvalue weighted by molar-refractivity contribution is 5.85. The van der Waals surface area contributed by atoms with Crippen LogP contribution in [0.2, 0.25) is 0 Å². The third-order valence-corrected chi connectivity index (χ3v) is 2.57. The highest BCUT2D eigenvalue weighted by atomic mass is 16.4. The molecule has 1 atom stereocenters. The van der Waals surface area contributed by atoms with E-state index in [1.807, 2.05) is 13.8 Å². The summed E-state index contributed by atoms with van der Waals surface area (Å²) < 4.78 is 0. The zero-order valence-corrected chi connectivity index (χ0v) is 10.1. The highest BCUT2D eigenvalue weighted by Gasteiger charge is 2.12. The first-order valence-corrected chi connectivity index (χ1v) is 5.58. The molecule has 0 saturated carbocycles. The number of rotatable bonds is 6. The molecule has 5 heteroatoms. The Kier molecular flexibility index (Phi) is 5.06. The molecule has 94 valence electrons. The molecule has 1 rings (SSSR count). The van der Waals surface area contributed by atoms with E-state index in [1.54, 1.807) is 12.1 Å². The van der Waals surface area contributed by atoms with Gasteiger partial charge in [-0.05, 0) is 18.1 Å². The maximum Gasteiger partial charge on any atom is 0.354 e. The van der Waals surface area contributed by atoms with Crippen LogP contribution in [0.5, 0.6) is 0 Å². The Bertz CT molecular complexity index is 380. The van der Waals surface area contributed by atoms with Crippen molar-refractivity contribution in [1.29, 1.82) is 0 Å². The molecule has 3 N–H and O–H groups in total. The number of pyridine rings is 1. The van der Waals surface area contributed by atoms with Crippen molar-refractivity contribution >= 4 is 5.97 Å². The van der Waals surface area contributed by atoms with Gasteiger partial charge in [0.25, 0.3) is 0 Å². The molecule has 1 aromatic heterocycles. The average Bonchev–Trinajstić information content (AvgIpc) is 2.29. The van der Waals surface area contributed by atoms with Crippen molar-refractivity contribution in [2.75, 3.05) is 6.61 Å². The van der Waals surface area contributed by atoms with Crippen molar-refractivity contribution in [3.8, 4) is 0 Å². The second-order valence-corrected chi connectivity index (χ2v) is 4.23. The minimum Gasteiger partial charge on any atom is -0.477 e. The smallest absolute Gasteiger partial charge is 0.354 e. The number of aromatic carboxylic acids is 1. The molecule has 5 nitrogen and oxygen atoms in total. The van der Waals surface area contributed by atoms with E-state index in [2.05, 4.69) is 10.3 Å². The van der Waals surface area contributed by atoms with Crippen molar-refractivity contribution in [3.05, 3.63) is 29.6 Å². The van der Waals surface area contributed by atoms with Crippen molar-refractivity contribution in [2.45, 2.75) is 26.4 Å². The van der Waals surface area contributed by atoms with E-state index in [0.717, 1.165) is 0 Å². The maximum atomic E-state index is 10.7. The number of hydrogen-bond donors (Lipinski definition) is 3. The Labute approximate surface area is 101 Å². The number of nitrogens with zero attached hydrogens (tertiary/aromatic N) is 1. The summed E-state index contributed by atoms with van der Waals surface area (Å²) in [7, 11) is 0. The minimum atomic E-state index is -1.03. The summed E-state index contributed by atoms with van der Waals surface area (Å²) in [6, 6.07) is 4.87. The summed E-state index contributed by atoms with van der Waals surface area (Å²) in [5.74, 6) is -0.725. The lowest BCUT2D eigenvalue weighted by atomic mass is 10.1. The number of hydrogen-bond acceptors (Lipinski definition) is 4. The number of nitrogens with one attached hydrogen (secondary N) is 1. The van der Waals surface area contributed by atoms with E-state index in [4.69, 9.17) is 10.2 Å². The van der Waals surface area contributed by atoms with Crippen molar-refractivity contribution in [3.63, 3.8) is 0 Å². The maximum absolute atomic E-state index is 10.7. The van der Waals surface area contributed by atoms with Gasteiger partial charge in [-0.15, -0.1) is 0 Å². The van der Waals surface area contributed by atoms with Gasteiger partial charge in [-0.2, -0.15) is 0 Å². The molecule has 0 radical (unpaired) electrons. The van der Waals surface area contributed by atoms with Gasteiger partial charge in [0.05, 0.1) is 12.3 Å². The standard InChI is InChI=1S/C12H18N2O3/c1-8(2)11(7-15)13-6-9-4-3-5-10(14-9)12(16)17/h3-5,8,11,13,15H,6-7H2,1-2H3,(H,16,17). The van der Waals surface area contributed by atoms with Crippen LogP contribution in [0.3, 0.4) is 0 Å². The molecule has 0 bridgehead atoms. The monoisotopic (exact) mass is 238 g/mol. The normalized spacial score (nSPS) is 12.7. The van der Waals surface area contributed by atoms with Gasteiger partial charge in [0.2, 0.25) is 0 Å². The SMILES string of the molecule is CC(C)C(CO)NCc1cccc(C(=O)O)n1. The number of aromatic nitrogens is 1. The van der Waals surface area contributed by atoms with E-state index in [1.165, 1.54) is 6.07 Å². The molecule has 0 saturated heterocycles. The van der Waals surface area contributed by atoms with Gasteiger partial charge in [0.15, 0.2) is 0 Å². The highest BCUT2D eigenvalue weighted by Crippen LogP contribution is 2.03. The van der Waals surface area contributed by atoms with Gasteiger partial charge < -0.3 is 15.5 Å². The second-order valence-electron chi connectivity index (χ2n) is 4.23. The lowest BCUT2D eigenvalue weighted by molar-refractivity contribution is 0.0690. The summed E-state index contributed by atoms with van der Waals surface area (Å²) >= 11 is 0. The predicted molar refractivity (Wildman–Crippen MR) is 63.7 cm³/mol. The molecule has 0 fully saturated rings. The largest absolute Gasteiger partial charge is 0.477 e. The molecule has 0 aliphatic rings. The zero-order valence-electron chi connectivity index (χ0n) is 10.1. The second kappa shape index (κ2) is 6.32. The van der Waals surface area contributed by atoms with E-state index in [9.17, 15) is 4.79 Å². The summed E-state index contributed by atoms with van der Waals surface area (Å²) in [5.41, 5.74) is 0.693. The van der Waals surface area contributed by atoms with Gasteiger partial charge in [0, 0.05) is 12.6 Å². The summed E-state index contributed by atoms with van der Waals surface area (Å²) in [4.78, 5) is 14.7. The van der Waals surface area contributed by atoms with Gasteiger partial charge in [0.1, 0.15) is 5.69 Å². The fourth-order valence-electron chi connectivity index (χ4n) is 1.44. The number of aliphatic hydroxyl groups excluding tert-OH is 1. The fourth-order valence-corrected chi connectivity index (χ4v) is 1.44. The predicted octanol–water partition coefficient (Wildman–Crippen LogP) is 0.886. The van der Waals surface area contributed by atoms with Crippen LogP contribution < -0.4 is 5.32 Å². The number of carboxylic acids is 1. The van der Waals surface area contributed by atoms with Gasteiger partial charge in [-0.3, -0.25) is 0 Å². The van der Waals surface area contributed by atoms with Crippen LogP contribution in [0, 0.1) is 5.92 Å². The topological polar surface area (TPSA) is 82.5 Å². The molecule has 0 amide bonds. The van der Waals surface area contributed by atoms with Gasteiger partial charge in [-0.25, -0.2) is 9.78 Å². The number of aliphatic hydroxyl groups is 1. The average molecular weight is 238 g/mol. The van der Waals surface area contributed by atoms with Crippen LogP contribution >= 0.6 is 0 Å². The van der Waals surface area contributed by atoms with Crippen LogP contribution in [0.25, 0.3) is 0 Å². The van der Waals surface area contributed by atoms with E-state index >= 15 is 0 Å². The zero-order chi connectivity index (χ0) is 12.8. The van der Waals surface area contributed by atoms with Crippen LogP contribution in [-0.4, -0.2) is 33.8 Å². The molecular weight excluding hydrogens is 220 g/mol. The number of carbonyl (C=O) groups is 1. The van der Waals surface area contributed by atoms with Crippen LogP contribution in [0.4, 0.5) is 0 Å². The molecule has 1 unspecified atom stereocenters. The quantitative estimate of drug-likeness (QED) is 0.685. The Morgan fingerprint density at radius 3 is 2.71 bits per heavy atom. The van der Waals surface area contributed by atoms with Crippen molar-refractivity contribution in [2.24, 2.45) is 5.92 Å². The van der Waals surface area contributed by atoms with Crippen LogP contribution in [0.15, 0.2) is 18.2 Å². The van der Waals surface area contributed by atoms with Crippen LogP contribution in [-0.2, 0) is 6.54 Å². The fraction of sp³-hybridized carbons (Fsp3) is 0.500. The van der Waals surface area contributed by atoms with Gasteiger partial charge in [-0.1, -0.05) is 19.9 Å². The number of carboxylic acid groups (broad SMARTS) is 1. The summed E-state index contributed by atoms with van der Waals surface area (Å²) in [6.45, 7) is 4.52. The minimum absolute atomic E-state index is 0.00900. The summed E-state index contributed by atoms with van der Waals surface area (Å²) in [5, 5.41) is 21.1. The Morgan fingerprint density at radius 1 is 1.47 bits per heavy atom. The van der Waals surface area contributed by atoms with Crippen LogP contribution in [0.1, 0.15) is 30.0 Å². The lowest BCUT2D eigenvalue weighted by Gasteiger charge is -2.19. The third-order valence-electron chi connectivity index (χ3n) is 2.57. The lowest BCUT2D eigenvalue weighted by Crippen LogP contribution is -2.36. The molecule has 1 heterocycles. The van der Waals surface area contributed by atoms with E-state index in [-0.39, 0.29) is 18.3 Å². The van der Waals surface area contributed by atoms with E-state index in [0.29, 0.717) is 18.2 Å². The Balaban J connectivity index is 2.62. The van der Waals surface area contributed by atoms with E-state index < -0.39 is 5.97 Å². The van der Waals surface area contributed by atoms with Crippen molar-refractivity contribution < 1.29 is 15.0 Å². The molecule has 17 heavy (non-hydrogen) atoms. The first-order chi connectivity index (χ1) is 8.04. The summed E-state index contributed by atoms with van der Waals surface area (Å²) in [6.07, 6.45) is 0. The molecule has 0 spiro atoms. The molecule has 1 aromatic rings. The Morgan fingerprint density at radius 2 is 2.18 bits per heavy atom. The third kappa shape index (κ3) is 4.13. The Hall–Kier alpha value is -1.46. The molecule has 0 aliphatic heterocycles. The molecule has 0 aromatic carbocycles. The van der Waals surface area contributed by atoms with Crippen molar-refractivity contribution in [1.82, 2.24) is 10.3 Å². The van der Waals surface area contributed by atoms with Gasteiger partial charge >= 0.3 is 5.97 Å². The first-order valence-electron chi connectivity index (χ1n) is 5.58. The first kappa shape index (κ1) is 13.6.